The zero-order chi connectivity index (χ0) is 16.2. The van der Waals surface area contributed by atoms with Crippen molar-refractivity contribution in [1.29, 1.82) is 0 Å². The third kappa shape index (κ3) is 3.32. The van der Waals surface area contributed by atoms with Crippen molar-refractivity contribution in [3.63, 3.8) is 0 Å². The lowest BCUT2D eigenvalue weighted by molar-refractivity contribution is 0.980. The molecule has 2 aromatic heterocycles. The van der Waals surface area contributed by atoms with Crippen LogP contribution in [0.1, 0.15) is 5.01 Å². The van der Waals surface area contributed by atoms with Crippen LogP contribution in [0.2, 0.25) is 0 Å². The first-order chi connectivity index (χ1) is 11.9. The van der Waals surface area contributed by atoms with Crippen LogP contribution in [0.25, 0.3) is 21.1 Å². The third-order valence-electron chi connectivity index (χ3n) is 3.32. The first kappa shape index (κ1) is 14.9. The highest BCUT2D eigenvalue weighted by Crippen LogP contribution is 2.27. The Hall–Kier alpha value is -2.64. The lowest BCUT2D eigenvalue weighted by atomic mass is 10.2. The predicted octanol–water partition coefficient (Wildman–Crippen LogP) is 4.34. The van der Waals surface area contributed by atoms with Gasteiger partial charge in [0.2, 0.25) is 5.13 Å². The molecule has 0 saturated heterocycles. The SMILES string of the molecule is c1ccc(-c2nnc(CNc3nnc(-c4ccccc4)s3)s2)cc1. The number of hydrogen-bond acceptors (Lipinski definition) is 7. The smallest absolute Gasteiger partial charge is 0.206 e. The minimum atomic E-state index is 0.591. The molecule has 0 spiro atoms. The van der Waals surface area contributed by atoms with Gasteiger partial charge in [-0.1, -0.05) is 83.3 Å². The van der Waals surface area contributed by atoms with E-state index in [4.69, 9.17) is 0 Å². The van der Waals surface area contributed by atoms with Gasteiger partial charge in [0, 0.05) is 11.1 Å². The van der Waals surface area contributed by atoms with E-state index < -0.39 is 0 Å². The lowest BCUT2D eigenvalue weighted by Gasteiger charge is -1.96. The Balaban J connectivity index is 1.43. The fourth-order valence-electron chi connectivity index (χ4n) is 2.17. The maximum Gasteiger partial charge on any atom is 0.206 e. The van der Waals surface area contributed by atoms with E-state index in [0.717, 1.165) is 31.3 Å². The number of rotatable bonds is 5. The average Bonchev–Trinajstić information content (AvgIpc) is 3.31. The molecule has 0 aliphatic rings. The van der Waals surface area contributed by atoms with E-state index in [1.807, 2.05) is 60.7 Å². The van der Waals surface area contributed by atoms with Crippen LogP contribution in [0, 0.1) is 0 Å². The second kappa shape index (κ2) is 6.86. The summed E-state index contributed by atoms with van der Waals surface area (Å²) in [4.78, 5) is 0. The quantitative estimate of drug-likeness (QED) is 0.579. The largest absolute Gasteiger partial charge is 0.353 e. The molecule has 0 saturated carbocycles. The Morgan fingerprint density at radius 2 is 1.25 bits per heavy atom. The number of nitrogens with one attached hydrogen (secondary N) is 1. The molecule has 0 amide bonds. The maximum absolute atomic E-state index is 4.25. The van der Waals surface area contributed by atoms with Crippen LogP contribution in [-0.2, 0) is 6.54 Å². The first-order valence-electron chi connectivity index (χ1n) is 7.39. The topological polar surface area (TPSA) is 63.6 Å². The van der Waals surface area contributed by atoms with Crippen LogP contribution in [0.4, 0.5) is 5.13 Å². The van der Waals surface area contributed by atoms with Gasteiger partial charge in [0.15, 0.2) is 0 Å². The second-order valence-electron chi connectivity index (χ2n) is 5.00. The Bertz CT molecular complexity index is 841. The number of benzene rings is 2. The molecule has 0 aliphatic carbocycles. The van der Waals surface area contributed by atoms with Gasteiger partial charge in [0.1, 0.15) is 15.0 Å². The standard InChI is InChI=1S/C17H13N5S2/c1-3-7-12(8-4-1)15-20-19-14(23-15)11-18-17-22-21-16(24-17)13-9-5-2-6-10-13/h1-10H,11H2,(H,18,22). The fourth-order valence-corrected chi connectivity index (χ4v) is 3.70. The summed E-state index contributed by atoms with van der Waals surface area (Å²) in [7, 11) is 0. The van der Waals surface area contributed by atoms with Crippen molar-refractivity contribution in [2.45, 2.75) is 6.54 Å². The van der Waals surface area contributed by atoms with E-state index in [1.54, 1.807) is 11.3 Å². The number of anilines is 1. The van der Waals surface area contributed by atoms with Gasteiger partial charge in [-0.2, -0.15) is 0 Å². The van der Waals surface area contributed by atoms with Crippen molar-refractivity contribution >= 4 is 27.8 Å². The molecular formula is C17H13N5S2. The van der Waals surface area contributed by atoms with Crippen LogP contribution in [0.5, 0.6) is 0 Å². The Kier molecular flexibility index (Phi) is 4.26. The van der Waals surface area contributed by atoms with E-state index in [-0.39, 0.29) is 0 Å². The predicted molar refractivity (Wildman–Crippen MR) is 98.0 cm³/mol. The van der Waals surface area contributed by atoms with Crippen LogP contribution in [-0.4, -0.2) is 20.4 Å². The van der Waals surface area contributed by atoms with E-state index in [1.165, 1.54) is 11.3 Å². The molecule has 7 heteroatoms. The summed E-state index contributed by atoms with van der Waals surface area (Å²) < 4.78 is 0. The summed E-state index contributed by atoms with van der Waals surface area (Å²) in [5, 5.41) is 23.7. The van der Waals surface area contributed by atoms with Crippen molar-refractivity contribution in [3.05, 3.63) is 65.7 Å². The summed E-state index contributed by atoms with van der Waals surface area (Å²) in [6.45, 7) is 0.591. The molecule has 2 heterocycles. The van der Waals surface area contributed by atoms with Crippen LogP contribution >= 0.6 is 22.7 Å². The van der Waals surface area contributed by atoms with Crippen molar-refractivity contribution < 1.29 is 0 Å². The highest BCUT2D eigenvalue weighted by atomic mass is 32.1. The van der Waals surface area contributed by atoms with Crippen molar-refractivity contribution in [2.24, 2.45) is 0 Å². The van der Waals surface area contributed by atoms with Gasteiger partial charge >= 0.3 is 0 Å². The summed E-state index contributed by atoms with van der Waals surface area (Å²) in [6, 6.07) is 20.1. The van der Waals surface area contributed by atoms with Crippen molar-refractivity contribution in [3.8, 4) is 21.1 Å². The fraction of sp³-hybridized carbons (Fsp3) is 0.0588. The van der Waals surface area contributed by atoms with E-state index in [9.17, 15) is 0 Å². The molecule has 0 radical (unpaired) electrons. The molecule has 4 aromatic rings. The molecule has 24 heavy (non-hydrogen) atoms. The van der Waals surface area contributed by atoms with Gasteiger partial charge in [-0.15, -0.1) is 20.4 Å². The minimum absolute atomic E-state index is 0.591. The molecule has 4 rings (SSSR count). The van der Waals surface area contributed by atoms with Gasteiger partial charge < -0.3 is 5.32 Å². The van der Waals surface area contributed by atoms with E-state index >= 15 is 0 Å². The highest BCUT2D eigenvalue weighted by Gasteiger charge is 2.09. The van der Waals surface area contributed by atoms with Gasteiger partial charge in [-0.25, -0.2) is 0 Å². The van der Waals surface area contributed by atoms with Gasteiger partial charge in [0.25, 0.3) is 0 Å². The average molecular weight is 351 g/mol. The molecule has 2 aromatic carbocycles. The monoisotopic (exact) mass is 351 g/mol. The van der Waals surface area contributed by atoms with E-state index in [2.05, 4.69) is 25.7 Å². The molecule has 0 aliphatic heterocycles. The second-order valence-corrected chi connectivity index (χ2v) is 7.04. The molecule has 0 atom stereocenters. The molecule has 118 valence electrons. The van der Waals surface area contributed by atoms with Crippen molar-refractivity contribution in [2.75, 3.05) is 5.32 Å². The van der Waals surface area contributed by atoms with Crippen molar-refractivity contribution in [1.82, 2.24) is 20.4 Å². The molecule has 0 fully saturated rings. The third-order valence-corrected chi connectivity index (χ3v) is 5.23. The van der Waals surface area contributed by atoms with Crippen LogP contribution < -0.4 is 5.32 Å². The van der Waals surface area contributed by atoms with Gasteiger partial charge in [0.05, 0.1) is 6.54 Å². The molecule has 1 N–H and O–H groups in total. The van der Waals surface area contributed by atoms with Gasteiger partial charge in [-0.05, 0) is 0 Å². The normalized spacial score (nSPS) is 10.7. The van der Waals surface area contributed by atoms with Crippen LogP contribution in [0.3, 0.4) is 0 Å². The Morgan fingerprint density at radius 3 is 1.92 bits per heavy atom. The van der Waals surface area contributed by atoms with Crippen LogP contribution in [0.15, 0.2) is 60.7 Å². The molecule has 5 nitrogen and oxygen atoms in total. The Morgan fingerprint density at radius 1 is 0.667 bits per heavy atom. The summed E-state index contributed by atoms with van der Waals surface area (Å²) in [5.74, 6) is 0. The highest BCUT2D eigenvalue weighted by molar-refractivity contribution is 7.18. The first-order valence-corrected chi connectivity index (χ1v) is 9.02. The minimum Gasteiger partial charge on any atom is -0.353 e. The maximum atomic E-state index is 4.25. The molecule has 0 bridgehead atoms. The number of nitrogens with zero attached hydrogens (tertiary/aromatic N) is 4. The Labute approximate surface area is 147 Å². The summed E-state index contributed by atoms with van der Waals surface area (Å²) in [6.07, 6.45) is 0. The summed E-state index contributed by atoms with van der Waals surface area (Å²) in [5.41, 5.74) is 2.16. The molecule has 0 unspecified atom stereocenters. The zero-order valence-corrected chi connectivity index (χ0v) is 14.2. The summed E-state index contributed by atoms with van der Waals surface area (Å²) >= 11 is 3.11. The number of hydrogen-bond donors (Lipinski definition) is 1. The van der Waals surface area contributed by atoms with E-state index in [0.29, 0.717) is 6.54 Å². The number of aromatic nitrogens is 4. The lowest BCUT2D eigenvalue weighted by Crippen LogP contribution is -1.98. The zero-order valence-electron chi connectivity index (χ0n) is 12.6. The van der Waals surface area contributed by atoms with Gasteiger partial charge in [-0.3, -0.25) is 0 Å². The molecular weight excluding hydrogens is 338 g/mol.